The SMILES string of the molecule is CC/C=C\C/C=C\C/C=C\CCCCCC(=O)OCC(COC(=O)CCCCCCCCCCCCCCCCCCCCCCCC)OC(=O)CCCCCCCCC/C=C\C/C=C\CCCCCC. The van der Waals surface area contributed by atoms with Crippen LogP contribution in [-0.4, -0.2) is 37.2 Å². The normalized spacial score (nSPS) is 12.4. The Kier molecular flexibility index (Phi) is 57.2. The van der Waals surface area contributed by atoms with Gasteiger partial charge in [-0.05, 0) is 83.5 Å². The van der Waals surface area contributed by atoms with Crippen LogP contribution in [-0.2, 0) is 28.6 Å². The highest BCUT2D eigenvalue weighted by molar-refractivity contribution is 5.71. The van der Waals surface area contributed by atoms with Gasteiger partial charge in [0.2, 0.25) is 0 Å². The maximum atomic E-state index is 12.9. The van der Waals surface area contributed by atoms with Crippen molar-refractivity contribution >= 4 is 17.9 Å². The maximum Gasteiger partial charge on any atom is 0.306 e. The predicted octanol–water partition coefficient (Wildman–Crippen LogP) is 20.8. The van der Waals surface area contributed by atoms with Crippen LogP contribution in [0, 0.1) is 0 Å². The lowest BCUT2D eigenvalue weighted by atomic mass is 10.0. The van der Waals surface area contributed by atoms with Crippen LogP contribution in [0.5, 0.6) is 0 Å². The smallest absolute Gasteiger partial charge is 0.306 e. The quantitative estimate of drug-likeness (QED) is 0.0261. The monoisotopic (exact) mass is 993 g/mol. The highest BCUT2D eigenvalue weighted by Gasteiger charge is 2.19. The molecule has 1 unspecified atom stereocenters. The second kappa shape index (κ2) is 59.7. The summed E-state index contributed by atoms with van der Waals surface area (Å²) < 4.78 is 16.9. The second-order valence-electron chi connectivity index (χ2n) is 20.6. The van der Waals surface area contributed by atoms with Gasteiger partial charge >= 0.3 is 17.9 Å². The van der Waals surface area contributed by atoms with Gasteiger partial charge in [-0.25, -0.2) is 0 Å². The first-order valence-electron chi connectivity index (χ1n) is 30.8. The predicted molar refractivity (Wildman–Crippen MR) is 307 cm³/mol. The minimum Gasteiger partial charge on any atom is -0.462 e. The molecule has 1 atom stereocenters. The molecule has 71 heavy (non-hydrogen) atoms. The van der Waals surface area contributed by atoms with E-state index in [9.17, 15) is 14.4 Å². The molecule has 0 radical (unpaired) electrons. The van der Waals surface area contributed by atoms with Crippen LogP contribution in [0.3, 0.4) is 0 Å². The molecule has 0 aliphatic carbocycles. The van der Waals surface area contributed by atoms with E-state index in [1.54, 1.807) is 0 Å². The van der Waals surface area contributed by atoms with E-state index in [1.807, 2.05) is 0 Å². The van der Waals surface area contributed by atoms with Crippen molar-refractivity contribution in [2.24, 2.45) is 0 Å². The molecular formula is C65H116O6. The molecule has 0 aliphatic rings. The van der Waals surface area contributed by atoms with Gasteiger partial charge in [-0.2, -0.15) is 0 Å². The lowest BCUT2D eigenvalue weighted by molar-refractivity contribution is -0.167. The van der Waals surface area contributed by atoms with Crippen molar-refractivity contribution in [3.8, 4) is 0 Å². The van der Waals surface area contributed by atoms with Crippen molar-refractivity contribution in [3.63, 3.8) is 0 Å². The third-order valence-corrected chi connectivity index (χ3v) is 13.5. The summed E-state index contributed by atoms with van der Waals surface area (Å²) in [5.41, 5.74) is 0. The largest absolute Gasteiger partial charge is 0.462 e. The highest BCUT2D eigenvalue weighted by atomic mass is 16.6. The molecule has 0 saturated carbocycles. The Balaban J connectivity index is 4.32. The molecule has 0 amide bonds. The Hall–Kier alpha value is -2.89. The van der Waals surface area contributed by atoms with Gasteiger partial charge in [-0.3, -0.25) is 14.4 Å². The van der Waals surface area contributed by atoms with Crippen LogP contribution >= 0.6 is 0 Å². The molecule has 0 saturated heterocycles. The Morgan fingerprint density at radius 1 is 0.296 bits per heavy atom. The summed E-state index contributed by atoms with van der Waals surface area (Å²) in [7, 11) is 0. The molecule has 0 aromatic heterocycles. The van der Waals surface area contributed by atoms with Gasteiger partial charge in [-0.15, -0.1) is 0 Å². The van der Waals surface area contributed by atoms with Crippen LogP contribution in [0.15, 0.2) is 60.8 Å². The Bertz CT molecular complexity index is 1280. The van der Waals surface area contributed by atoms with Crippen LogP contribution in [0.1, 0.15) is 316 Å². The summed E-state index contributed by atoms with van der Waals surface area (Å²) in [5.74, 6) is -0.908. The zero-order valence-electron chi connectivity index (χ0n) is 47.2. The van der Waals surface area contributed by atoms with Crippen molar-refractivity contribution in [2.75, 3.05) is 13.2 Å². The number of hydrogen-bond donors (Lipinski definition) is 0. The Morgan fingerprint density at radius 2 is 0.549 bits per heavy atom. The van der Waals surface area contributed by atoms with E-state index in [-0.39, 0.29) is 31.1 Å². The molecule has 0 rings (SSSR count). The molecule has 0 N–H and O–H groups in total. The first kappa shape index (κ1) is 68.1. The number of carbonyl (C=O) groups excluding carboxylic acids is 3. The Labute approximate surface area is 440 Å². The average molecular weight is 994 g/mol. The summed E-state index contributed by atoms with van der Waals surface area (Å²) in [6.07, 6.45) is 75.1. The Morgan fingerprint density at radius 3 is 0.887 bits per heavy atom. The lowest BCUT2D eigenvalue weighted by Gasteiger charge is -2.18. The number of rotatable bonds is 56. The molecule has 0 aliphatic heterocycles. The molecule has 0 aromatic carbocycles. The number of unbranched alkanes of at least 4 members (excludes halogenated alkanes) is 35. The summed E-state index contributed by atoms with van der Waals surface area (Å²) in [5, 5.41) is 0. The van der Waals surface area contributed by atoms with Crippen molar-refractivity contribution in [1.29, 1.82) is 0 Å². The molecular weight excluding hydrogens is 877 g/mol. The van der Waals surface area contributed by atoms with Crippen molar-refractivity contribution in [3.05, 3.63) is 60.8 Å². The second-order valence-corrected chi connectivity index (χ2v) is 20.6. The zero-order valence-corrected chi connectivity index (χ0v) is 47.2. The highest BCUT2D eigenvalue weighted by Crippen LogP contribution is 2.17. The van der Waals surface area contributed by atoms with Gasteiger partial charge in [0, 0.05) is 19.3 Å². The summed E-state index contributed by atoms with van der Waals surface area (Å²) in [6.45, 7) is 6.52. The molecule has 6 heteroatoms. The first-order chi connectivity index (χ1) is 35.0. The number of esters is 3. The van der Waals surface area contributed by atoms with E-state index in [0.29, 0.717) is 19.3 Å². The van der Waals surface area contributed by atoms with Crippen LogP contribution in [0.4, 0.5) is 0 Å². The average Bonchev–Trinajstić information content (AvgIpc) is 3.37. The standard InChI is InChI=1S/C65H116O6/c1-4-7-10-13-16-19-22-25-27-29-31-32-33-34-36-37-40-43-46-49-52-55-58-64(67)70-61-62(60-69-63(66)57-54-51-48-45-42-39-24-21-18-15-12-9-6-3)71-65(68)59-56-53-50-47-44-41-38-35-30-28-26-23-20-17-14-11-8-5-2/h9,12,18,20-21,23,28,30,39,42,62H,4-8,10-11,13-17,19,22,24-27,29,31-38,40-41,43-61H2,1-3H3/b12-9-,21-18-,23-20-,30-28-,42-39-. The van der Waals surface area contributed by atoms with Crippen molar-refractivity contribution in [2.45, 2.75) is 322 Å². The van der Waals surface area contributed by atoms with E-state index in [1.165, 1.54) is 180 Å². The lowest BCUT2D eigenvalue weighted by Crippen LogP contribution is -2.30. The fourth-order valence-electron chi connectivity index (χ4n) is 8.90. The molecule has 0 aromatic rings. The van der Waals surface area contributed by atoms with Crippen LogP contribution in [0.2, 0.25) is 0 Å². The summed E-state index contributed by atoms with van der Waals surface area (Å²) in [6, 6.07) is 0. The molecule has 0 spiro atoms. The first-order valence-corrected chi connectivity index (χ1v) is 30.8. The number of ether oxygens (including phenoxy) is 3. The minimum absolute atomic E-state index is 0.0842. The van der Waals surface area contributed by atoms with Gasteiger partial charge in [0.15, 0.2) is 6.10 Å². The number of hydrogen-bond acceptors (Lipinski definition) is 6. The third kappa shape index (κ3) is 57.9. The maximum absolute atomic E-state index is 12.9. The molecule has 6 nitrogen and oxygen atoms in total. The van der Waals surface area contributed by atoms with E-state index in [0.717, 1.165) is 96.3 Å². The summed E-state index contributed by atoms with van der Waals surface area (Å²) >= 11 is 0. The van der Waals surface area contributed by atoms with Crippen LogP contribution in [0.25, 0.3) is 0 Å². The van der Waals surface area contributed by atoms with Gasteiger partial charge in [0.05, 0.1) is 0 Å². The topological polar surface area (TPSA) is 78.9 Å². The van der Waals surface area contributed by atoms with E-state index in [4.69, 9.17) is 14.2 Å². The molecule has 412 valence electrons. The van der Waals surface area contributed by atoms with Gasteiger partial charge in [0.25, 0.3) is 0 Å². The number of allylic oxidation sites excluding steroid dienone is 10. The molecule has 0 heterocycles. The van der Waals surface area contributed by atoms with E-state index >= 15 is 0 Å². The van der Waals surface area contributed by atoms with Gasteiger partial charge in [-0.1, -0.05) is 274 Å². The summed E-state index contributed by atoms with van der Waals surface area (Å²) in [4.78, 5) is 38.2. The van der Waals surface area contributed by atoms with Crippen molar-refractivity contribution in [1.82, 2.24) is 0 Å². The fraction of sp³-hybridized carbons (Fsp3) is 0.800. The molecule has 0 fully saturated rings. The third-order valence-electron chi connectivity index (χ3n) is 13.5. The number of carbonyl (C=O) groups is 3. The fourth-order valence-corrected chi connectivity index (χ4v) is 8.90. The van der Waals surface area contributed by atoms with E-state index < -0.39 is 6.10 Å². The van der Waals surface area contributed by atoms with Gasteiger partial charge in [0.1, 0.15) is 13.2 Å². The van der Waals surface area contributed by atoms with Crippen LogP contribution < -0.4 is 0 Å². The van der Waals surface area contributed by atoms with Gasteiger partial charge < -0.3 is 14.2 Å². The van der Waals surface area contributed by atoms with E-state index in [2.05, 4.69) is 81.5 Å². The van der Waals surface area contributed by atoms with Crippen molar-refractivity contribution < 1.29 is 28.6 Å². The minimum atomic E-state index is -0.789. The zero-order chi connectivity index (χ0) is 51.4. The molecule has 0 bridgehead atoms.